The Labute approximate surface area is 112 Å². The number of aryl methyl sites for hydroxylation is 1. The quantitative estimate of drug-likeness (QED) is 0.825. The van der Waals surface area contributed by atoms with Crippen LogP contribution in [0.4, 0.5) is 5.95 Å². The molecule has 0 saturated carbocycles. The third-order valence-electron chi connectivity index (χ3n) is 2.96. The molecule has 0 aromatic carbocycles. The molecule has 0 bridgehead atoms. The minimum Gasteiger partial charge on any atom is -0.341 e. The third kappa shape index (κ3) is 2.92. The van der Waals surface area contributed by atoms with Gasteiger partial charge in [0.15, 0.2) is 0 Å². The van der Waals surface area contributed by atoms with E-state index < -0.39 is 0 Å². The van der Waals surface area contributed by atoms with Crippen LogP contribution < -0.4 is 10.6 Å². The molecule has 0 aliphatic rings. The van der Waals surface area contributed by atoms with E-state index in [1.807, 2.05) is 19.1 Å². The SMILES string of the molecule is CCCN(CCC)c1nc(=O)n2cc(C)ccc2n1. The van der Waals surface area contributed by atoms with Gasteiger partial charge in [0.1, 0.15) is 5.65 Å². The van der Waals surface area contributed by atoms with Crippen LogP contribution in [-0.4, -0.2) is 27.5 Å². The van der Waals surface area contributed by atoms with Crippen molar-refractivity contribution in [2.45, 2.75) is 33.6 Å². The van der Waals surface area contributed by atoms with Crippen molar-refractivity contribution < 1.29 is 0 Å². The summed E-state index contributed by atoms with van der Waals surface area (Å²) in [5.74, 6) is 0.539. The molecule has 2 aromatic rings. The molecule has 0 amide bonds. The molecule has 2 aromatic heterocycles. The zero-order valence-corrected chi connectivity index (χ0v) is 11.8. The van der Waals surface area contributed by atoms with E-state index in [0.717, 1.165) is 31.5 Å². The van der Waals surface area contributed by atoms with Gasteiger partial charge in [0.25, 0.3) is 0 Å². The Balaban J connectivity index is 2.50. The summed E-state index contributed by atoms with van der Waals surface area (Å²) in [6.07, 6.45) is 3.79. The molecule has 2 heterocycles. The van der Waals surface area contributed by atoms with Gasteiger partial charge >= 0.3 is 5.69 Å². The van der Waals surface area contributed by atoms with Gasteiger partial charge in [-0.25, -0.2) is 4.79 Å². The summed E-state index contributed by atoms with van der Waals surface area (Å²) in [6.45, 7) is 7.91. The second-order valence-electron chi connectivity index (χ2n) is 4.73. The summed E-state index contributed by atoms with van der Waals surface area (Å²) in [7, 11) is 0. The van der Waals surface area contributed by atoms with Crippen molar-refractivity contribution in [3.8, 4) is 0 Å². The summed E-state index contributed by atoms with van der Waals surface area (Å²) in [4.78, 5) is 22.7. The van der Waals surface area contributed by atoms with Crippen LogP contribution in [0.1, 0.15) is 32.3 Å². The summed E-state index contributed by atoms with van der Waals surface area (Å²) in [5, 5.41) is 0. The van der Waals surface area contributed by atoms with Crippen LogP contribution in [0, 0.1) is 6.92 Å². The van der Waals surface area contributed by atoms with Crippen molar-refractivity contribution in [3.63, 3.8) is 0 Å². The fourth-order valence-corrected chi connectivity index (χ4v) is 2.10. The largest absolute Gasteiger partial charge is 0.356 e. The molecule has 0 N–H and O–H groups in total. The molecule has 0 unspecified atom stereocenters. The highest BCUT2D eigenvalue weighted by Gasteiger charge is 2.10. The van der Waals surface area contributed by atoms with Gasteiger partial charge in [-0.15, -0.1) is 0 Å². The number of rotatable bonds is 5. The highest BCUT2D eigenvalue weighted by atomic mass is 16.1. The van der Waals surface area contributed by atoms with E-state index >= 15 is 0 Å². The van der Waals surface area contributed by atoms with Gasteiger partial charge in [-0.05, 0) is 31.4 Å². The molecule has 0 fully saturated rings. The Bertz CT molecular complexity index is 614. The zero-order chi connectivity index (χ0) is 13.8. The van der Waals surface area contributed by atoms with Gasteiger partial charge in [-0.2, -0.15) is 9.97 Å². The number of aromatic nitrogens is 3. The van der Waals surface area contributed by atoms with Gasteiger partial charge in [0.05, 0.1) is 0 Å². The Morgan fingerprint density at radius 2 is 1.84 bits per heavy atom. The average molecular weight is 260 g/mol. The van der Waals surface area contributed by atoms with Crippen LogP contribution >= 0.6 is 0 Å². The van der Waals surface area contributed by atoms with E-state index in [1.165, 1.54) is 4.40 Å². The van der Waals surface area contributed by atoms with Crippen LogP contribution in [0.25, 0.3) is 5.65 Å². The number of hydrogen-bond donors (Lipinski definition) is 0. The summed E-state index contributed by atoms with van der Waals surface area (Å²) < 4.78 is 1.49. The molecule has 0 aliphatic carbocycles. The maximum absolute atomic E-state index is 12.0. The topological polar surface area (TPSA) is 50.5 Å². The van der Waals surface area contributed by atoms with Crippen molar-refractivity contribution in [1.29, 1.82) is 0 Å². The summed E-state index contributed by atoms with van der Waals surface area (Å²) in [6, 6.07) is 3.81. The van der Waals surface area contributed by atoms with Crippen LogP contribution in [0.3, 0.4) is 0 Å². The first-order valence-electron chi connectivity index (χ1n) is 6.77. The molecule has 0 saturated heterocycles. The van der Waals surface area contributed by atoms with Crippen molar-refractivity contribution in [1.82, 2.24) is 14.4 Å². The first-order chi connectivity index (χ1) is 9.15. The van der Waals surface area contributed by atoms with Crippen LogP contribution in [0.5, 0.6) is 0 Å². The summed E-state index contributed by atoms with van der Waals surface area (Å²) in [5.41, 5.74) is 1.41. The first kappa shape index (κ1) is 13.5. The number of hydrogen-bond acceptors (Lipinski definition) is 4. The van der Waals surface area contributed by atoms with Crippen LogP contribution in [0.15, 0.2) is 23.1 Å². The van der Waals surface area contributed by atoms with E-state index in [-0.39, 0.29) is 5.69 Å². The van der Waals surface area contributed by atoms with Crippen LogP contribution in [-0.2, 0) is 0 Å². The molecular weight excluding hydrogens is 240 g/mol. The third-order valence-corrected chi connectivity index (χ3v) is 2.96. The van der Waals surface area contributed by atoms with E-state index in [9.17, 15) is 4.79 Å². The molecule has 0 aliphatic heterocycles. The molecule has 0 spiro atoms. The highest BCUT2D eigenvalue weighted by Crippen LogP contribution is 2.09. The fraction of sp³-hybridized carbons (Fsp3) is 0.500. The second kappa shape index (κ2) is 5.82. The molecule has 102 valence electrons. The van der Waals surface area contributed by atoms with E-state index in [4.69, 9.17) is 0 Å². The smallest absolute Gasteiger partial charge is 0.341 e. The van der Waals surface area contributed by atoms with Gasteiger partial charge in [0.2, 0.25) is 5.95 Å². The molecular formula is C14H20N4O. The molecule has 5 heteroatoms. The first-order valence-corrected chi connectivity index (χ1v) is 6.77. The summed E-state index contributed by atoms with van der Waals surface area (Å²) >= 11 is 0. The molecule has 2 rings (SSSR count). The van der Waals surface area contributed by atoms with Gasteiger partial charge in [0, 0.05) is 19.3 Å². The van der Waals surface area contributed by atoms with E-state index in [0.29, 0.717) is 11.6 Å². The van der Waals surface area contributed by atoms with Crippen LogP contribution in [0.2, 0.25) is 0 Å². The van der Waals surface area contributed by atoms with Gasteiger partial charge in [-0.1, -0.05) is 19.9 Å². The highest BCUT2D eigenvalue weighted by molar-refractivity contribution is 5.44. The monoisotopic (exact) mass is 260 g/mol. The lowest BCUT2D eigenvalue weighted by Gasteiger charge is -2.21. The molecule has 0 radical (unpaired) electrons. The van der Waals surface area contributed by atoms with E-state index in [2.05, 4.69) is 28.7 Å². The Kier molecular flexibility index (Phi) is 4.14. The second-order valence-corrected chi connectivity index (χ2v) is 4.73. The van der Waals surface area contributed by atoms with Gasteiger partial charge < -0.3 is 4.90 Å². The molecule has 0 atom stereocenters. The van der Waals surface area contributed by atoms with Crippen molar-refractivity contribution in [2.24, 2.45) is 0 Å². The molecule has 5 nitrogen and oxygen atoms in total. The van der Waals surface area contributed by atoms with E-state index in [1.54, 1.807) is 6.20 Å². The minimum atomic E-state index is -0.263. The number of pyridine rings is 1. The van der Waals surface area contributed by atoms with Gasteiger partial charge in [-0.3, -0.25) is 4.40 Å². The lowest BCUT2D eigenvalue weighted by Crippen LogP contribution is -2.31. The predicted molar refractivity (Wildman–Crippen MR) is 76.8 cm³/mol. The fourth-order valence-electron chi connectivity index (χ4n) is 2.10. The lowest BCUT2D eigenvalue weighted by molar-refractivity contribution is 0.713. The maximum Gasteiger partial charge on any atom is 0.356 e. The number of fused-ring (bicyclic) bond motifs is 1. The maximum atomic E-state index is 12.0. The predicted octanol–water partition coefficient (Wildman–Crippen LogP) is 2.02. The Morgan fingerprint density at radius 3 is 2.47 bits per heavy atom. The zero-order valence-electron chi connectivity index (χ0n) is 11.8. The Hall–Kier alpha value is -1.91. The standard InChI is InChI=1S/C14H20N4O/c1-4-8-17(9-5-2)13-15-12-7-6-11(3)10-18(12)14(19)16-13/h6-7,10H,4-5,8-9H2,1-3H3. The lowest BCUT2D eigenvalue weighted by atomic mass is 10.3. The average Bonchev–Trinajstić information content (AvgIpc) is 2.39. The Morgan fingerprint density at radius 1 is 1.16 bits per heavy atom. The van der Waals surface area contributed by atoms with Crippen molar-refractivity contribution >= 4 is 11.6 Å². The normalized spacial score (nSPS) is 10.9. The minimum absolute atomic E-state index is 0.263. The van der Waals surface area contributed by atoms with Crippen molar-refractivity contribution in [2.75, 3.05) is 18.0 Å². The molecule has 19 heavy (non-hydrogen) atoms. The number of anilines is 1. The van der Waals surface area contributed by atoms with Crippen molar-refractivity contribution in [3.05, 3.63) is 34.4 Å². The number of nitrogens with zero attached hydrogens (tertiary/aromatic N) is 4.